The Balaban J connectivity index is 1.88. The highest BCUT2D eigenvalue weighted by atomic mass is 35.5. The molecule has 3 heterocycles. The van der Waals surface area contributed by atoms with E-state index in [-0.39, 0.29) is 17.4 Å². The van der Waals surface area contributed by atoms with Gasteiger partial charge in [-0.05, 0) is 25.1 Å². The van der Waals surface area contributed by atoms with Crippen LogP contribution in [0.15, 0.2) is 55.1 Å². The van der Waals surface area contributed by atoms with E-state index >= 15 is 0 Å². The Labute approximate surface area is 172 Å². The van der Waals surface area contributed by atoms with Gasteiger partial charge in [0, 0.05) is 28.9 Å². The van der Waals surface area contributed by atoms with Gasteiger partial charge in [-0.3, -0.25) is 9.97 Å². The van der Waals surface area contributed by atoms with E-state index in [1.807, 2.05) is 49.4 Å². The Morgan fingerprint density at radius 1 is 1.10 bits per heavy atom. The lowest BCUT2D eigenvalue weighted by atomic mass is 9.96. The van der Waals surface area contributed by atoms with Crippen LogP contribution in [0.3, 0.4) is 0 Å². The van der Waals surface area contributed by atoms with Crippen molar-refractivity contribution >= 4 is 34.1 Å². The second kappa shape index (κ2) is 7.70. The lowest BCUT2D eigenvalue weighted by Gasteiger charge is -2.20. The van der Waals surface area contributed by atoms with Gasteiger partial charge >= 0.3 is 0 Å². The van der Waals surface area contributed by atoms with Gasteiger partial charge < -0.3 is 11.1 Å². The number of hydrogen-bond acceptors (Lipinski definition) is 7. The molecule has 0 aliphatic carbocycles. The van der Waals surface area contributed by atoms with Gasteiger partial charge in [0.05, 0.1) is 22.3 Å². The monoisotopic (exact) mass is 401 g/mol. The van der Waals surface area contributed by atoms with E-state index in [4.69, 9.17) is 17.3 Å². The molecule has 0 bridgehead atoms. The summed E-state index contributed by atoms with van der Waals surface area (Å²) in [7, 11) is 0. The van der Waals surface area contributed by atoms with E-state index in [9.17, 15) is 5.26 Å². The normalized spacial score (nSPS) is 11.8. The van der Waals surface area contributed by atoms with E-state index in [0.29, 0.717) is 16.4 Å². The van der Waals surface area contributed by atoms with E-state index in [1.54, 1.807) is 12.4 Å². The zero-order valence-electron chi connectivity index (χ0n) is 15.5. The topological polar surface area (TPSA) is 113 Å². The van der Waals surface area contributed by atoms with Gasteiger partial charge in [0.1, 0.15) is 29.6 Å². The molecule has 0 saturated carbocycles. The van der Waals surface area contributed by atoms with Crippen LogP contribution in [0.5, 0.6) is 0 Å². The summed E-state index contributed by atoms with van der Waals surface area (Å²) in [6, 6.07) is 13.2. The first-order valence-electron chi connectivity index (χ1n) is 8.85. The van der Waals surface area contributed by atoms with Crippen LogP contribution in [0.25, 0.3) is 22.2 Å². The number of rotatable bonds is 4. The number of nitrogens with zero attached hydrogens (tertiary/aromatic N) is 5. The molecule has 8 heteroatoms. The van der Waals surface area contributed by atoms with Crippen molar-refractivity contribution in [3.05, 3.63) is 71.3 Å². The Morgan fingerprint density at radius 2 is 1.97 bits per heavy atom. The molecule has 0 unspecified atom stereocenters. The van der Waals surface area contributed by atoms with Crippen LogP contribution < -0.4 is 11.1 Å². The minimum Gasteiger partial charge on any atom is -0.382 e. The minimum atomic E-state index is -0.246. The number of aromatic nitrogens is 4. The van der Waals surface area contributed by atoms with Crippen LogP contribution in [0.4, 0.5) is 11.6 Å². The predicted molar refractivity (Wildman–Crippen MR) is 113 cm³/mol. The second-order valence-corrected chi connectivity index (χ2v) is 6.81. The third-order valence-corrected chi connectivity index (χ3v) is 4.91. The molecular weight excluding hydrogens is 386 g/mol. The Morgan fingerprint density at radius 3 is 2.72 bits per heavy atom. The molecule has 0 radical (unpaired) electrons. The number of benzene rings is 1. The molecule has 0 spiro atoms. The first-order valence-corrected chi connectivity index (χ1v) is 9.23. The third-order valence-electron chi connectivity index (χ3n) is 4.61. The molecule has 0 aliphatic rings. The zero-order chi connectivity index (χ0) is 20.4. The zero-order valence-corrected chi connectivity index (χ0v) is 16.2. The number of halogens is 1. The highest BCUT2D eigenvalue weighted by Gasteiger charge is 2.20. The molecule has 4 aromatic rings. The summed E-state index contributed by atoms with van der Waals surface area (Å²) < 4.78 is 0. The molecule has 0 saturated heterocycles. The lowest BCUT2D eigenvalue weighted by molar-refractivity contribution is 0.867. The summed E-state index contributed by atoms with van der Waals surface area (Å²) in [5.74, 6) is 0.497. The smallest absolute Gasteiger partial charge is 0.150 e. The quantitative estimate of drug-likeness (QED) is 0.522. The fraction of sp³-hybridized carbons (Fsp3) is 0.0952. The SMILES string of the molecule is C[C@H](Nc1ncnc(N)c1C#N)c1cnc2c(Cl)cccc2c1-c1ccccn1. The van der Waals surface area contributed by atoms with Gasteiger partial charge in [-0.25, -0.2) is 9.97 Å². The van der Waals surface area contributed by atoms with Crippen LogP contribution >= 0.6 is 11.6 Å². The Bertz CT molecular complexity index is 1240. The number of pyridine rings is 2. The average molecular weight is 402 g/mol. The van der Waals surface area contributed by atoms with E-state index in [1.165, 1.54) is 6.33 Å². The molecule has 29 heavy (non-hydrogen) atoms. The molecule has 7 nitrogen and oxygen atoms in total. The lowest BCUT2D eigenvalue weighted by Crippen LogP contribution is -2.13. The van der Waals surface area contributed by atoms with Gasteiger partial charge in [-0.2, -0.15) is 5.26 Å². The number of nitrogens with two attached hydrogens (primary N) is 1. The molecule has 0 fully saturated rings. The van der Waals surface area contributed by atoms with Crippen LogP contribution in [0, 0.1) is 11.3 Å². The van der Waals surface area contributed by atoms with Crippen LogP contribution in [0.2, 0.25) is 5.02 Å². The molecule has 1 aromatic carbocycles. The third kappa shape index (κ3) is 3.42. The maximum Gasteiger partial charge on any atom is 0.150 e. The average Bonchev–Trinajstić information content (AvgIpc) is 2.74. The molecule has 3 aromatic heterocycles. The Kier molecular flexibility index (Phi) is 4.94. The second-order valence-electron chi connectivity index (χ2n) is 6.40. The first kappa shape index (κ1) is 18.6. The van der Waals surface area contributed by atoms with Gasteiger partial charge in [0.25, 0.3) is 0 Å². The number of anilines is 2. The van der Waals surface area contributed by atoms with Crippen molar-refractivity contribution in [1.82, 2.24) is 19.9 Å². The number of hydrogen-bond donors (Lipinski definition) is 2. The van der Waals surface area contributed by atoms with Crippen molar-refractivity contribution in [2.45, 2.75) is 13.0 Å². The predicted octanol–water partition coefficient (Wildman–Crippen LogP) is 4.37. The van der Waals surface area contributed by atoms with Crippen LogP contribution in [-0.2, 0) is 0 Å². The molecule has 4 rings (SSSR count). The minimum absolute atomic E-state index is 0.130. The van der Waals surface area contributed by atoms with E-state index in [0.717, 1.165) is 22.2 Å². The highest BCUT2D eigenvalue weighted by molar-refractivity contribution is 6.35. The van der Waals surface area contributed by atoms with E-state index < -0.39 is 0 Å². The largest absolute Gasteiger partial charge is 0.382 e. The molecule has 0 aliphatic heterocycles. The number of nitriles is 1. The summed E-state index contributed by atoms with van der Waals surface area (Å²) >= 11 is 6.37. The Hall–Kier alpha value is -3.76. The summed E-state index contributed by atoms with van der Waals surface area (Å²) in [5.41, 5.74) is 9.32. The number of nitrogens with one attached hydrogen (secondary N) is 1. The van der Waals surface area contributed by atoms with E-state index in [2.05, 4.69) is 25.3 Å². The maximum atomic E-state index is 9.40. The van der Waals surface area contributed by atoms with Crippen LogP contribution in [0.1, 0.15) is 24.1 Å². The summed E-state index contributed by atoms with van der Waals surface area (Å²) in [5, 5.41) is 14.1. The van der Waals surface area contributed by atoms with Crippen molar-refractivity contribution in [3.8, 4) is 17.3 Å². The van der Waals surface area contributed by atoms with Crippen molar-refractivity contribution in [2.75, 3.05) is 11.1 Å². The van der Waals surface area contributed by atoms with Gasteiger partial charge in [0.2, 0.25) is 0 Å². The summed E-state index contributed by atoms with van der Waals surface area (Å²) in [4.78, 5) is 17.1. The summed E-state index contributed by atoms with van der Waals surface area (Å²) in [6.45, 7) is 1.96. The number of para-hydroxylation sites is 1. The number of nitrogen functional groups attached to an aromatic ring is 1. The standard InChI is InChI=1S/C21H16ClN7/c1-12(29-21-14(9-23)20(24)27-11-28-21)15-10-26-19-13(5-4-6-16(19)22)18(15)17-7-2-3-8-25-17/h2-8,10-12H,1H3,(H3,24,27,28,29)/t12-/m0/s1. The first-order chi connectivity index (χ1) is 14.1. The fourth-order valence-electron chi connectivity index (χ4n) is 3.23. The van der Waals surface area contributed by atoms with Gasteiger partial charge in [-0.15, -0.1) is 0 Å². The highest BCUT2D eigenvalue weighted by Crippen LogP contribution is 2.36. The fourth-order valence-corrected chi connectivity index (χ4v) is 3.45. The molecule has 1 atom stereocenters. The maximum absolute atomic E-state index is 9.40. The van der Waals surface area contributed by atoms with Gasteiger partial charge in [-0.1, -0.05) is 29.8 Å². The van der Waals surface area contributed by atoms with Crippen LogP contribution in [-0.4, -0.2) is 19.9 Å². The molecule has 3 N–H and O–H groups in total. The summed E-state index contributed by atoms with van der Waals surface area (Å²) in [6.07, 6.45) is 4.84. The van der Waals surface area contributed by atoms with Gasteiger partial charge in [0.15, 0.2) is 0 Å². The molecule has 0 amide bonds. The molecule has 142 valence electrons. The van der Waals surface area contributed by atoms with Crippen molar-refractivity contribution in [3.63, 3.8) is 0 Å². The number of fused-ring (bicyclic) bond motifs is 1. The molecular formula is C21H16ClN7. The van der Waals surface area contributed by atoms with Crippen molar-refractivity contribution < 1.29 is 0 Å². The van der Waals surface area contributed by atoms with Crippen molar-refractivity contribution in [1.29, 1.82) is 5.26 Å². The van der Waals surface area contributed by atoms with Crippen molar-refractivity contribution in [2.24, 2.45) is 0 Å².